The van der Waals surface area contributed by atoms with Crippen molar-refractivity contribution in [1.29, 1.82) is 0 Å². The number of rotatable bonds is 5. The van der Waals surface area contributed by atoms with Gasteiger partial charge >= 0.3 is 0 Å². The first kappa shape index (κ1) is 13.4. The lowest BCUT2D eigenvalue weighted by Crippen LogP contribution is -2.39. The molecule has 1 unspecified atom stereocenters. The number of hydrogen-bond donors (Lipinski definition) is 3. The summed E-state index contributed by atoms with van der Waals surface area (Å²) in [6, 6.07) is 1.24. The predicted molar refractivity (Wildman–Crippen MR) is 66.8 cm³/mol. The molecular formula is C12H19N3O2. The highest BCUT2D eigenvalue weighted by Gasteiger charge is 2.11. The SMILES string of the molecule is CC(C)CC(N)CNC(=O)c1c[nH]ccc1=O. The summed E-state index contributed by atoms with van der Waals surface area (Å²) < 4.78 is 0. The quantitative estimate of drug-likeness (QED) is 0.696. The van der Waals surface area contributed by atoms with Gasteiger partial charge in [-0.2, -0.15) is 0 Å². The van der Waals surface area contributed by atoms with Crippen LogP contribution >= 0.6 is 0 Å². The molecule has 5 heteroatoms. The Morgan fingerprint density at radius 2 is 2.24 bits per heavy atom. The monoisotopic (exact) mass is 237 g/mol. The van der Waals surface area contributed by atoms with Crippen molar-refractivity contribution in [3.63, 3.8) is 0 Å². The molecule has 0 aliphatic rings. The van der Waals surface area contributed by atoms with Gasteiger partial charge in [0.1, 0.15) is 5.56 Å². The summed E-state index contributed by atoms with van der Waals surface area (Å²) in [5.41, 5.74) is 5.66. The van der Waals surface area contributed by atoms with Crippen molar-refractivity contribution in [2.24, 2.45) is 11.7 Å². The van der Waals surface area contributed by atoms with Crippen LogP contribution in [0.5, 0.6) is 0 Å². The molecule has 94 valence electrons. The maximum Gasteiger partial charge on any atom is 0.256 e. The van der Waals surface area contributed by atoms with Crippen molar-refractivity contribution in [2.75, 3.05) is 6.54 Å². The summed E-state index contributed by atoms with van der Waals surface area (Å²) >= 11 is 0. The van der Waals surface area contributed by atoms with Crippen molar-refractivity contribution in [3.8, 4) is 0 Å². The third-order valence-corrected chi connectivity index (χ3v) is 2.37. The van der Waals surface area contributed by atoms with Gasteiger partial charge in [0, 0.05) is 31.0 Å². The number of aromatic nitrogens is 1. The first-order valence-electron chi connectivity index (χ1n) is 5.71. The molecule has 1 aromatic rings. The molecular weight excluding hydrogens is 218 g/mol. The van der Waals surface area contributed by atoms with Gasteiger partial charge in [-0.15, -0.1) is 0 Å². The van der Waals surface area contributed by atoms with Crippen LogP contribution in [0.3, 0.4) is 0 Å². The second-order valence-corrected chi connectivity index (χ2v) is 4.52. The molecule has 0 bridgehead atoms. The number of carbonyl (C=O) groups is 1. The van der Waals surface area contributed by atoms with E-state index in [1.54, 1.807) is 0 Å². The maximum atomic E-state index is 11.7. The third kappa shape index (κ3) is 4.40. The molecule has 1 amide bonds. The van der Waals surface area contributed by atoms with Crippen LogP contribution in [0.1, 0.15) is 30.6 Å². The smallest absolute Gasteiger partial charge is 0.256 e. The van der Waals surface area contributed by atoms with E-state index in [9.17, 15) is 9.59 Å². The number of aromatic amines is 1. The van der Waals surface area contributed by atoms with Gasteiger partial charge in [0.2, 0.25) is 0 Å². The number of carbonyl (C=O) groups excluding carboxylic acids is 1. The minimum atomic E-state index is -0.383. The van der Waals surface area contributed by atoms with Gasteiger partial charge in [0.25, 0.3) is 5.91 Å². The highest BCUT2D eigenvalue weighted by molar-refractivity contribution is 5.93. The molecule has 1 aromatic heterocycles. The highest BCUT2D eigenvalue weighted by Crippen LogP contribution is 2.01. The Morgan fingerprint density at radius 1 is 1.53 bits per heavy atom. The fourth-order valence-electron chi connectivity index (χ4n) is 1.60. The molecule has 17 heavy (non-hydrogen) atoms. The zero-order valence-corrected chi connectivity index (χ0v) is 10.2. The summed E-state index contributed by atoms with van der Waals surface area (Å²) in [7, 11) is 0. The van der Waals surface area contributed by atoms with Crippen molar-refractivity contribution < 1.29 is 4.79 Å². The highest BCUT2D eigenvalue weighted by atomic mass is 16.2. The summed E-state index contributed by atoms with van der Waals surface area (Å²) in [6.07, 6.45) is 3.72. The Morgan fingerprint density at radius 3 is 2.82 bits per heavy atom. The molecule has 1 rings (SSSR count). The van der Waals surface area contributed by atoms with Gasteiger partial charge in [-0.3, -0.25) is 9.59 Å². The minimum absolute atomic E-state index is 0.0817. The predicted octanol–water partition coefficient (Wildman–Crippen LogP) is 0.478. The van der Waals surface area contributed by atoms with Crippen LogP contribution in [-0.2, 0) is 0 Å². The van der Waals surface area contributed by atoms with E-state index in [1.807, 2.05) is 0 Å². The second kappa shape index (κ2) is 6.20. The Hall–Kier alpha value is -1.62. The topological polar surface area (TPSA) is 88.0 Å². The summed E-state index contributed by atoms with van der Waals surface area (Å²) in [6.45, 7) is 4.53. The van der Waals surface area contributed by atoms with Gasteiger partial charge < -0.3 is 16.0 Å². The summed E-state index contributed by atoms with van der Waals surface area (Å²) in [5.74, 6) is 0.105. The first-order valence-corrected chi connectivity index (χ1v) is 5.71. The molecule has 0 fully saturated rings. The lowest BCUT2D eigenvalue weighted by Gasteiger charge is -2.14. The first-order chi connectivity index (χ1) is 8.00. The fourth-order valence-corrected chi connectivity index (χ4v) is 1.60. The number of pyridine rings is 1. The van der Waals surface area contributed by atoms with E-state index < -0.39 is 0 Å². The molecule has 0 spiro atoms. The molecule has 0 saturated heterocycles. The van der Waals surface area contributed by atoms with E-state index in [-0.39, 0.29) is 22.9 Å². The van der Waals surface area contributed by atoms with Crippen molar-refractivity contribution >= 4 is 5.91 Å². The van der Waals surface area contributed by atoms with Crippen LogP contribution < -0.4 is 16.5 Å². The number of hydrogen-bond acceptors (Lipinski definition) is 3. The zero-order chi connectivity index (χ0) is 12.8. The van der Waals surface area contributed by atoms with E-state index in [1.165, 1.54) is 18.5 Å². The number of amides is 1. The van der Waals surface area contributed by atoms with Gasteiger partial charge in [0.05, 0.1) is 0 Å². The average molecular weight is 237 g/mol. The Balaban J connectivity index is 2.51. The lowest BCUT2D eigenvalue weighted by atomic mass is 10.0. The molecule has 0 aromatic carbocycles. The molecule has 0 radical (unpaired) electrons. The number of nitrogens with two attached hydrogens (primary N) is 1. The van der Waals surface area contributed by atoms with Crippen LogP contribution in [-0.4, -0.2) is 23.5 Å². The molecule has 4 N–H and O–H groups in total. The summed E-state index contributed by atoms with van der Waals surface area (Å²) in [5, 5.41) is 2.66. The fraction of sp³-hybridized carbons (Fsp3) is 0.500. The van der Waals surface area contributed by atoms with Gasteiger partial charge in [-0.1, -0.05) is 13.8 Å². The Labute approximate surface area is 100 Å². The number of nitrogens with one attached hydrogen (secondary N) is 2. The minimum Gasteiger partial charge on any atom is -0.367 e. The number of H-pyrrole nitrogens is 1. The van der Waals surface area contributed by atoms with Crippen LogP contribution in [0.4, 0.5) is 0 Å². The Kier molecular flexibility index (Phi) is 4.90. The van der Waals surface area contributed by atoms with E-state index in [0.29, 0.717) is 12.5 Å². The van der Waals surface area contributed by atoms with Crippen molar-refractivity contribution in [1.82, 2.24) is 10.3 Å². The second-order valence-electron chi connectivity index (χ2n) is 4.52. The van der Waals surface area contributed by atoms with E-state index in [0.717, 1.165) is 6.42 Å². The van der Waals surface area contributed by atoms with Crippen LogP contribution in [0.15, 0.2) is 23.3 Å². The summed E-state index contributed by atoms with van der Waals surface area (Å²) in [4.78, 5) is 25.8. The normalized spacial score (nSPS) is 12.5. The largest absolute Gasteiger partial charge is 0.367 e. The van der Waals surface area contributed by atoms with E-state index in [4.69, 9.17) is 5.73 Å². The zero-order valence-electron chi connectivity index (χ0n) is 10.2. The van der Waals surface area contributed by atoms with Crippen molar-refractivity contribution in [3.05, 3.63) is 34.2 Å². The van der Waals surface area contributed by atoms with Gasteiger partial charge in [-0.25, -0.2) is 0 Å². The third-order valence-electron chi connectivity index (χ3n) is 2.37. The molecule has 1 atom stereocenters. The van der Waals surface area contributed by atoms with Crippen molar-refractivity contribution in [2.45, 2.75) is 26.3 Å². The van der Waals surface area contributed by atoms with Gasteiger partial charge in [0.15, 0.2) is 5.43 Å². The van der Waals surface area contributed by atoms with Crippen LogP contribution in [0, 0.1) is 5.92 Å². The molecule has 0 aliphatic carbocycles. The van der Waals surface area contributed by atoms with Gasteiger partial charge in [-0.05, 0) is 12.3 Å². The molecule has 0 aliphatic heterocycles. The van der Waals surface area contributed by atoms with Crippen LogP contribution in [0.2, 0.25) is 0 Å². The molecule has 1 heterocycles. The lowest BCUT2D eigenvalue weighted by molar-refractivity contribution is 0.0948. The molecule has 0 saturated carbocycles. The maximum absolute atomic E-state index is 11.7. The van der Waals surface area contributed by atoms with E-state index in [2.05, 4.69) is 24.1 Å². The van der Waals surface area contributed by atoms with E-state index >= 15 is 0 Å². The Bertz CT molecular complexity index is 426. The average Bonchev–Trinajstić information content (AvgIpc) is 2.25. The standard InChI is InChI=1S/C12H19N3O2/c1-8(2)5-9(13)6-15-12(17)10-7-14-4-3-11(10)16/h3-4,7-9H,5-6,13H2,1-2H3,(H,14,16)(H,15,17). The molecule has 5 nitrogen and oxygen atoms in total. The van der Waals surface area contributed by atoms with Crippen LogP contribution in [0.25, 0.3) is 0 Å².